The molecule has 0 amide bonds. The number of rotatable bonds is 5. The van der Waals surface area contributed by atoms with Crippen LogP contribution in [0.1, 0.15) is 19.4 Å². The topological polar surface area (TPSA) is 27.0 Å². The number of benzene rings is 1. The standard InChI is InChI=1S/C13H16BrClN2/c1-3-17(9-10(2)8-16)13-6-4-5-12(15)11(13)7-14/h4-6,10H,3,7,9H2,1-2H3. The van der Waals surface area contributed by atoms with Crippen molar-refractivity contribution in [2.24, 2.45) is 5.92 Å². The summed E-state index contributed by atoms with van der Waals surface area (Å²) in [6.45, 7) is 5.61. The molecule has 0 radical (unpaired) electrons. The van der Waals surface area contributed by atoms with Crippen molar-refractivity contribution >= 4 is 33.2 Å². The first-order chi connectivity index (χ1) is 8.13. The van der Waals surface area contributed by atoms with Gasteiger partial charge in [-0.25, -0.2) is 0 Å². The van der Waals surface area contributed by atoms with Gasteiger partial charge in [-0.15, -0.1) is 0 Å². The van der Waals surface area contributed by atoms with E-state index in [0.717, 1.165) is 34.7 Å². The maximum atomic E-state index is 8.90. The zero-order chi connectivity index (χ0) is 12.8. The molecule has 0 heterocycles. The minimum Gasteiger partial charge on any atom is -0.370 e. The molecule has 1 aromatic carbocycles. The second-order valence-corrected chi connectivity index (χ2v) is 4.91. The molecule has 0 aromatic heterocycles. The van der Waals surface area contributed by atoms with E-state index in [2.05, 4.69) is 39.9 Å². The van der Waals surface area contributed by atoms with Crippen LogP contribution in [0.4, 0.5) is 5.69 Å². The Morgan fingerprint density at radius 1 is 1.53 bits per heavy atom. The normalized spacial score (nSPS) is 11.9. The third-order valence-electron chi connectivity index (χ3n) is 2.66. The molecular weight excluding hydrogens is 300 g/mol. The molecule has 0 saturated heterocycles. The molecule has 17 heavy (non-hydrogen) atoms. The molecule has 1 aromatic rings. The van der Waals surface area contributed by atoms with Crippen molar-refractivity contribution in [1.82, 2.24) is 0 Å². The van der Waals surface area contributed by atoms with Crippen LogP contribution in [0.5, 0.6) is 0 Å². The van der Waals surface area contributed by atoms with Crippen LogP contribution in [0.25, 0.3) is 0 Å². The first-order valence-electron chi connectivity index (χ1n) is 5.61. The number of halogens is 2. The largest absolute Gasteiger partial charge is 0.370 e. The molecule has 1 rings (SSSR count). The minimum absolute atomic E-state index is 0.0112. The fourth-order valence-electron chi connectivity index (χ4n) is 1.75. The molecule has 0 aliphatic heterocycles. The lowest BCUT2D eigenvalue weighted by atomic mass is 10.1. The van der Waals surface area contributed by atoms with Crippen LogP contribution in [-0.2, 0) is 5.33 Å². The van der Waals surface area contributed by atoms with Gasteiger partial charge in [0.05, 0.1) is 12.0 Å². The molecule has 0 bridgehead atoms. The van der Waals surface area contributed by atoms with E-state index < -0.39 is 0 Å². The zero-order valence-corrected chi connectivity index (χ0v) is 12.4. The molecule has 1 unspecified atom stereocenters. The third kappa shape index (κ3) is 3.62. The first kappa shape index (κ1) is 14.3. The van der Waals surface area contributed by atoms with Gasteiger partial charge in [-0.3, -0.25) is 0 Å². The summed E-state index contributed by atoms with van der Waals surface area (Å²) in [4.78, 5) is 2.19. The van der Waals surface area contributed by atoms with Gasteiger partial charge in [0.1, 0.15) is 0 Å². The van der Waals surface area contributed by atoms with Crippen LogP contribution in [0.15, 0.2) is 18.2 Å². The van der Waals surface area contributed by atoms with E-state index in [9.17, 15) is 0 Å². The Morgan fingerprint density at radius 3 is 2.76 bits per heavy atom. The van der Waals surface area contributed by atoms with Crippen LogP contribution < -0.4 is 4.90 Å². The third-order valence-corrected chi connectivity index (χ3v) is 3.58. The van der Waals surface area contributed by atoms with E-state index in [-0.39, 0.29) is 5.92 Å². The van der Waals surface area contributed by atoms with Crippen LogP contribution in [0.3, 0.4) is 0 Å². The van der Waals surface area contributed by atoms with Crippen LogP contribution in [-0.4, -0.2) is 13.1 Å². The van der Waals surface area contributed by atoms with Crippen molar-refractivity contribution in [2.75, 3.05) is 18.0 Å². The molecule has 0 N–H and O–H groups in total. The highest BCUT2D eigenvalue weighted by Crippen LogP contribution is 2.29. The number of hydrogen-bond donors (Lipinski definition) is 0. The van der Waals surface area contributed by atoms with E-state index >= 15 is 0 Å². The average Bonchev–Trinajstić information content (AvgIpc) is 2.35. The summed E-state index contributed by atoms with van der Waals surface area (Å²) in [5.41, 5.74) is 2.19. The van der Waals surface area contributed by atoms with Gasteiger partial charge in [0, 0.05) is 34.7 Å². The molecule has 0 fully saturated rings. The van der Waals surface area contributed by atoms with Crippen LogP contribution >= 0.6 is 27.5 Å². The molecule has 1 atom stereocenters. The lowest BCUT2D eigenvalue weighted by Gasteiger charge is -2.26. The van der Waals surface area contributed by atoms with Crippen molar-refractivity contribution in [2.45, 2.75) is 19.2 Å². The SMILES string of the molecule is CCN(CC(C)C#N)c1cccc(Cl)c1CBr. The summed E-state index contributed by atoms with van der Waals surface area (Å²) in [5, 5.41) is 10.4. The van der Waals surface area contributed by atoms with Crippen molar-refractivity contribution in [1.29, 1.82) is 5.26 Å². The summed E-state index contributed by atoms with van der Waals surface area (Å²) in [7, 11) is 0. The lowest BCUT2D eigenvalue weighted by molar-refractivity contribution is 0.685. The number of nitriles is 1. The summed E-state index contributed by atoms with van der Waals surface area (Å²) in [5.74, 6) is 0.0112. The van der Waals surface area contributed by atoms with E-state index in [0.29, 0.717) is 0 Å². The Labute approximate surface area is 116 Å². The van der Waals surface area contributed by atoms with Crippen LogP contribution in [0, 0.1) is 17.2 Å². The fraction of sp³-hybridized carbons (Fsp3) is 0.462. The van der Waals surface area contributed by atoms with Gasteiger partial charge in [-0.1, -0.05) is 33.6 Å². The monoisotopic (exact) mass is 314 g/mol. The molecular formula is C13H16BrClN2. The lowest BCUT2D eigenvalue weighted by Crippen LogP contribution is -2.28. The van der Waals surface area contributed by atoms with E-state index in [1.165, 1.54) is 0 Å². The average molecular weight is 316 g/mol. The molecule has 0 aliphatic carbocycles. The predicted octanol–water partition coefficient (Wildman–Crippen LogP) is 4.22. The first-order valence-corrected chi connectivity index (χ1v) is 7.11. The number of alkyl halides is 1. The molecule has 0 aliphatic rings. The highest BCUT2D eigenvalue weighted by atomic mass is 79.9. The van der Waals surface area contributed by atoms with Gasteiger partial charge in [0.15, 0.2) is 0 Å². The number of anilines is 1. The Balaban J connectivity index is 3.04. The number of hydrogen-bond acceptors (Lipinski definition) is 2. The van der Waals surface area contributed by atoms with Gasteiger partial charge in [0.2, 0.25) is 0 Å². The Bertz CT molecular complexity index is 414. The maximum Gasteiger partial charge on any atom is 0.0671 e. The second-order valence-electron chi connectivity index (χ2n) is 3.94. The van der Waals surface area contributed by atoms with E-state index in [4.69, 9.17) is 16.9 Å². The zero-order valence-electron chi connectivity index (χ0n) is 10.1. The molecule has 92 valence electrons. The molecule has 4 heteroatoms. The van der Waals surface area contributed by atoms with E-state index in [1.807, 2.05) is 19.1 Å². The molecule has 0 saturated carbocycles. The second kappa shape index (κ2) is 6.88. The highest BCUT2D eigenvalue weighted by molar-refractivity contribution is 9.08. The van der Waals surface area contributed by atoms with Crippen molar-refractivity contribution < 1.29 is 0 Å². The summed E-state index contributed by atoms with van der Waals surface area (Å²) in [6.07, 6.45) is 0. The summed E-state index contributed by atoms with van der Waals surface area (Å²) >= 11 is 9.64. The van der Waals surface area contributed by atoms with Gasteiger partial charge in [0.25, 0.3) is 0 Å². The maximum absolute atomic E-state index is 8.90. The van der Waals surface area contributed by atoms with Crippen molar-refractivity contribution in [3.63, 3.8) is 0 Å². The minimum atomic E-state index is 0.0112. The molecule has 2 nitrogen and oxygen atoms in total. The van der Waals surface area contributed by atoms with E-state index in [1.54, 1.807) is 0 Å². The fourth-order valence-corrected chi connectivity index (χ4v) is 2.73. The van der Waals surface area contributed by atoms with Gasteiger partial charge in [-0.2, -0.15) is 5.26 Å². The van der Waals surface area contributed by atoms with Gasteiger partial charge >= 0.3 is 0 Å². The van der Waals surface area contributed by atoms with Gasteiger partial charge < -0.3 is 4.90 Å². The smallest absolute Gasteiger partial charge is 0.0671 e. The summed E-state index contributed by atoms with van der Waals surface area (Å²) in [6, 6.07) is 8.16. The predicted molar refractivity (Wildman–Crippen MR) is 76.7 cm³/mol. The number of nitrogens with zero attached hydrogens (tertiary/aromatic N) is 2. The Morgan fingerprint density at radius 2 is 2.24 bits per heavy atom. The Hall–Kier alpha value is -0.720. The van der Waals surface area contributed by atoms with Gasteiger partial charge in [-0.05, 0) is 26.0 Å². The highest BCUT2D eigenvalue weighted by Gasteiger charge is 2.14. The van der Waals surface area contributed by atoms with Crippen molar-refractivity contribution in [3.8, 4) is 6.07 Å². The van der Waals surface area contributed by atoms with Crippen LogP contribution in [0.2, 0.25) is 5.02 Å². The summed E-state index contributed by atoms with van der Waals surface area (Å²) < 4.78 is 0. The Kier molecular flexibility index (Phi) is 5.80. The molecule has 0 spiro atoms. The quantitative estimate of drug-likeness (QED) is 0.761. The van der Waals surface area contributed by atoms with Crippen molar-refractivity contribution in [3.05, 3.63) is 28.8 Å².